The maximum Gasteiger partial charge on any atom is 0.337 e. The van der Waals surface area contributed by atoms with Gasteiger partial charge in [0.15, 0.2) is 0 Å². The van der Waals surface area contributed by atoms with E-state index in [1.165, 1.54) is 11.4 Å². The molecule has 0 spiro atoms. The van der Waals surface area contributed by atoms with Crippen LogP contribution in [0.3, 0.4) is 0 Å². The van der Waals surface area contributed by atoms with Crippen molar-refractivity contribution < 1.29 is 22.7 Å². The molecule has 0 radical (unpaired) electrons. The third kappa shape index (κ3) is 5.80. The normalized spacial score (nSPS) is 12.4. The van der Waals surface area contributed by atoms with Crippen molar-refractivity contribution in [1.82, 2.24) is 4.31 Å². The van der Waals surface area contributed by atoms with Gasteiger partial charge in [-0.15, -0.1) is 0 Å². The lowest BCUT2D eigenvalue weighted by atomic mass is 10.0. The fourth-order valence-electron chi connectivity index (χ4n) is 3.70. The Morgan fingerprint density at radius 3 is 2.09 bits per heavy atom. The summed E-state index contributed by atoms with van der Waals surface area (Å²) in [5.74, 6) is 0.188. The average Bonchev–Trinajstić information content (AvgIpc) is 2.85. The number of methoxy groups -OCH3 is 1. The van der Waals surface area contributed by atoms with E-state index >= 15 is 0 Å². The van der Waals surface area contributed by atoms with Crippen LogP contribution in [0.5, 0.6) is 5.75 Å². The molecule has 0 fully saturated rings. The van der Waals surface area contributed by atoms with Gasteiger partial charge in [0.25, 0.3) is 0 Å². The Morgan fingerprint density at radius 1 is 0.909 bits per heavy atom. The van der Waals surface area contributed by atoms with Gasteiger partial charge in [-0.3, -0.25) is 0 Å². The summed E-state index contributed by atoms with van der Waals surface area (Å²) in [6.45, 7) is 4.51. The minimum Gasteiger partial charge on any atom is -0.494 e. The first-order valence-electron chi connectivity index (χ1n) is 10.9. The first-order chi connectivity index (χ1) is 15.9. The molecular weight excluding hydrogens is 438 g/mol. The van der Waals surface area contributed by atoms with Crippen LogP contribution in [0.2, 0.25) is 0 Å². The Hall–Kier alpha value is -3.16. The number of nitrogens with zero attached hydrogens (tertiary/aromatic N) is 1. The molecule has 7 heteroatoms. The van der Waals surface area contributed by atoms with E-state index in [0.717, 1.165) is 11.1 Å². The molecule has 3 aromatic carbocycles. The van der Waals surface area contributed by atoms with E-state index in [-0.39, 0.29) is 17.5 Å². The van der Waals surface area contributed by atoms with Crippen molar-refractivity contribution in [3.05, 3.63) is 95.6 Å². The van der Waals surface area contributed by atoms with E-state index in [9.17, 15) is 13.2 Å². The van der Waals surface area contributed by atoms with Crippen molar-refractivity contribution in [3.63, 3.8) is 0 Å². The van der Waals surface area contributed by atoms with E-state index in [4.69, 9.17) is 9.47 Å². The van der Waals surface area contributed by atoms with Gasteiger partial charge in [0.1, 0.15) is 5.75 Å². The van der Waals surface area contributed by atoms with Crippen molar-refractivity contribution in [1.29, 1.82) is 0 Å². The molecule has 0 saturated heterocycles. The van der Waals surface area contributed by atoms with Crippen molar-refractivity contribution in [2.75, 3.05) is 13.7 Å². The van der Waals surface area contributed by atoms with Crippen LogP contribution in [0.25, 0.3) is 0 Å². The number of ether oxygens (including phenoxy) is 2. The molecule has 1 atom stereocenters. The summed E-state index contributed by atoms with van der Waals surface area (Å²) in [5.41, 5.74) is 2.10. The highest BCUT2D eigenvalue weighted by molar-refractivity contribution is 7.89. The average molecular weight is 468 g/mol. The van der Waals surface area contributed by atoms with Crippen LogP contribution in [0.15, 0.2) is 83.8 Å². The fourth-order valence-corrected chi connectivity index (χ4v) is 5.37. The minimum absolute atomic E-state index is 0.157. The second kappa shape index (κ2) is 11.1. The largest absolute Gasteiger partial charge is 0.494 e. The standard InChI is InChI=1S/C26H29NO5S/c1-4-25(21-9-7-6-8-10-21)27(19-20-11-13-22(14-12-20)26(28)31-3)33(29,30)24-17-15-23(16-18-24)32-5-2/h6-18,25H,4-5,19H2,1-3H3. The molecule has 0 heterocycles. The molecule has 0 aliphatic rings. The van der Waals surface area contributed by atoms with Gasteiger partial charge in [-0.25, -0.2) is 13.2 Å². The maximum atomic E-state index is 13.8. The van der Waals surface area contributed by atoms with E-state index < -0.39 is 16.0 Å². The third-order valence-electron chi connectivity index (χ3n) is 5.37. The zero-order valence-corrected chi connectivity index (χ0v) is 19.9. The van der Waals surface area contributed by atoms with E-state index in [2.05, 4.69) is 0 Å². The molecule has 0 saturated carbocycles. The van der Waals surface area contributed by atoms with Crippen molar-refractivity contribution in [2.45, 2.75) is 37.8 Å². The topological polar surface area (TPSA) is 72.9 Å². The highest BCUT2D eigenvalue weighted by Crippen LogP contribution is 2.32. The summed E-state index contributed by atoms with van der Waals surface area (Å²) in [7, 11) is -2.51. The highest BCUT2D eigenvalue weighted by Gasteiger charge is 2.32. The molecule has 3 rings (SSSR count). The molecule has 3 aromatic rings. The SMILES string of the molecule is CCOc1ccc(S(=O)(=O)N(Cc2ccc(C(=O)OC)cc2)C(CC)c2ccccc2)cc1. The number of hydrogen-bond donors (Lipinski definition) is 0. The van der Waals surface area contributed by atoms with Crippen LogP contribution in [0, 0.1) is 0 Å². The Morgan fingerprint density at radius 2 is 1.55 bits per heavy atom. The smallest absolute Gasteiger partial charge is 0.337 e. The molecule has 6 nitrogen and oxygen atoms in total. The summed E-state index contributed by atoms with van der Waals surface area (Å²) >= 11 is 0. The zero-order chi connectivity index (χ0) is 23.8. The first kappa shape index (κ1) is 24.5. The summed E-state index contributed by atoms with van der Waals surface area (Å²) < 4.78 is 39.4. The second-order valence-electron chi connectivity index (χ2n) is 7.48. The predicted molar refractivity (Wildman–Crippen MR) is 128 cm³/mol. The van der Waals surface area contributed by atoms with Gasteiger partial charge in [-0.05, 0) is 60.9 Å². The van der Waals surface area contributed by atoms with Gasteiger partial charge in [0, 0.05) is 6.54 Å². The predicted octanol–water partition coefficient (Wildman–Crippen LogP) is 5.21. The molecule has 33 heavy (non-hydrogen) atoms. The molecule has 1 unspecified atom stereocenters. The third-order valence-corrected chi connectivity index (χ3v) is 7.24. The van der Waals surface area contributed by atoms with Crippen molar-refractivity contribution in [2.24, 2.45) is 0 Å². The summed E-state index contributed by atoms with van der Waals surface area (Å²) in [6, 6.07) is 22.5. The molecule has 0 aromatic heterocycles. The Kier molecular flexibility index (Phi) is 8.25. The second-order valence-corrected chi connectivity index (χ2v) is 9.37. The zero-order valence-electron chi connectivity index (χ0n) is 19.1. The van der Waals surface area contributed by atoms with Crippen LogP contribution < -0.4 is 4.74 Å². The van der Waals surface area contributed by atoms with E-state index in [1.54, 1.807) is 48.5 Å². The van der Waals surface area contributed by atoms with E-state index in [0.29, 0.717) is 24.3 Å². The lowest BCUT2D eigenvalue weighted by molar-refractivity contribution is 0.0600. The van der Waals surface area contributed by atoms with Gasteiger partial charge >= 0.3 is 5.97 Å². The lowest BCUT2D eigenvalue weighted by Gasteiger charge is -2.31. The number of rotatable bonds is 10. The number of benzene rings is 3. The Balaban J connectivity index is 2.01. The molecule has 0 aliphatic heterocycles. The molecule has 0 aliphatic carbocycles. The molecule has 174 valence electrons. The molecular formula is C26H29NO5S. The summed E-state index contributed by atoms with van der Waals surface area (Å²) in [4.78, 5) is 12.0. The van der Waals surface area contributed by atoms with Gasteiger partial charge < -0.3 is 9.47 Å². The Labute approximate surface area is 195 Å². The van der Waals surface area contributed by atoms with Gasteiger partial charge in [-0.1, -0.05) is 49.4 Å². The number of hydrogen-bond acceptors (Lipinski definition) is 5. The molecule has 0 bridgehead atoms. The monoisotopic (exact) mass is 467 g/mol. The maximum absolute atomic E-state index is 13.8. The van der Waals surface area contributed by atoms with Crippen LogP contribution in [0.4, 0.5) is 0 Å². The quantitative estimate of drug-likeness (QED) is 0.383. The van der Waals surface area contributed by atoms with Crippen LogP contribution in [-0.2, 0) is 21.3 Å². The number of carbonyl (C=O) groups excluding carboxylic acids is 1. The molecule has 0 N–H and O–H groups in total. The van der Waals surface area contributed by atoms with Crippen molar-refractivity contribution in [3.8, 4) is 5.75 Å². The Bertz CT molecular complexity index is 1140. The van der Waals surface area contributed by atoms with Gasteiger partial charge in [0.2, 0.25) is 10.0 Å². The number of esters is 1. The first-order valence-corrected chi connectivity index (χ1v) is 12.3. The summed E-state index contributed by atoms with van der Waals surface area (Å²) in [5, 5.41) is 0. The number of sulfonamides is 1. The fraction of sp³-hybridized carbons (Fsp3) is 0.269. The minimum atomic E-state index is -3.84. The lowest BCUT2D eigenvalue weighted by Crippen LogP contribution is -2.34. The van der Waals surface area contributed by atoms with Gasteiger partial charge in [0.05, 0.1) is 30.2 Å². The van der Waals surface area contributed by atoms with Crippen molar-refractivity contribution >= 4 is 16.0 Å². The summed E-state index contributed by atoms with van der Waals surface area (Å²) in [6.07, 6.45) is 0.598. The number of carbonyl (C=O) groups is 1. The van der Waals surface area contributed by atoms with Crippen LogP contribution in [-0.4, -0.2) is 32.4 Å². The van der Waals surface area contributed by atoms with Gasteiger partial charge in [-0.2, -0.15) is 4.31 Å². The highest BCUT2D eigenvalue weighted by atomic mass is 32.2. The van der Waals surface area contributed by atoms with Crippen LogP contribution >= 0.6 is 0 Å². The molecule has 0 amide bonds. The van der Waals surface area contributed by atoms with Crippen LogP contribution in [0.1, 0.15) is 47.8 Å². The van der Waals surface area contributed by atoms with E-state index in [1.807, 2.05) is 44.2 Å².